The SMILES string of the molecule is C#CCOc1ccc(C(=O)NC2CN(C(=O)Nc3ccc(F)cc3)CCCC2O)cc1. The van der Waals surface area contributed by atoms with Crippen molar-refractivity contribution in [1.29, 1.82) is 0 Å². The molecule has 2 aromatic rings. The van der Waals surface area contributed by atoms with E-state index < -0.39 is 18.0 Å². The fourth-order valence-electron chi connectivity index (χ4n) is 3.28. The number of nitrogens with one attached hydrogen (secondary N) is 2. The Morgan fingerprint density at radius 2 is 1.90 bits per heavy atom. The summed E-state index contributed by atoms with van der Waals surface area (Å²) in [6.45, 7) is 0.705. The summed E-state index contributed by atoms with van der Waals surface area (Å²) >= 11 is 0. The molecule has 2 atom stereocenters. The molecule has 1 fully saturated rings. The van der Waals surface area contributed by atoms with Crippen LogP contribution in [0.15, 0.2) is 48.5 Å². The third-order valence-electron chi connectivity index (χ3n) is 4.95. The first kappa shape index (κ1) is 22.1. The molecule has 0 aromatic heterocycles. The Morgan fingerprint density at radius 1 is 1.19 bits per heavy atom. The van der Waals surface area contributed by atoms with Gasteiger partial charge in [-0.1, -0.05) is 5.92 Å². The molecule has 1 aliphatic heterocycles. The van der Waals surface area contributed by atoms with Crippen molar-refractivity contribution in [3.63, 3.8) is 0 Å². The second kappa shape index (κ2) is 10.5. The number of hydrogen-bond donors (Lipinski definition) is 3. The fraction of sp³-hybridized carbons (Fsp3) is 0.304. The van der Waals surface area contributed by atoms with Crippen molar-refractivity contribution in [3.8, 4) is 18.1 Å². The Labute approximate surface area is 180 Å². The van der Waals surface area contributed by atoms with Crippen molar-refractivity contribution < 1.29 is 23.8 Å². The molecule has 1 saturated heterocycles. The summed E-state index contributed by atoms with van der Waals surface area (Å²) in [6.07, 6.45) is 5.41. The van der Waals surface area contributed by atoms with Crippen molar-refractivity contribution in [1.82, 2.24) is 10.2 Å². The maximum atomic E-state index is 13.1. The summed E-state index contributed by atoms with van der Waals surface area (Å²) in [6, 6.07) is 10.9. The number of anilines is 1. The number of benzene rings is 2. The van der Waals surface area contributed by atoms with Gasteiger partial charge >= 0.3 is 6.03 Å². The van der Waals surface area contributed by atoms with Crippen LogP contribution in [0.3, 0.4) is 0 Å². The first-order valence-electron chi connectivity index (χ1n) is 9.93. The monoisotopic (exact) mass is 425 g/mol. The normalized spacial score (nSPS) is 18.4. The topological polar surface area (TPSA) is 90.9 Å². The number of rotatable bonds is 5. The van der Waals surface area contributed by atoms with Gasteiger partial charge in [0.25, 0.3) is 5.91 Å². The first-order valence-corrected chi connectivity index (χ1v) is 9.93. The van der Waals surface area contributed by atoms with Gasteiger partial charge in [0.15, 0.2) is 0 Å². The van der Waals surface area contributed by atoms with Crippen molar-refractivity contribution in [2.24, 2.45) is 0 Å². The number of likely N-dealkylation sites (tertiary alicyclic amines) is 1. The summed E-state index contributed by atoms with van der Waals surface area (Å²) in [7, 11) is 0. The minimum atomic E-state index is -0.786. The van der Waals surface area contributed by atoms with Gasteiger partial charge in [-0.3, -0.25) is 4.79 Å². The zero-order valence-electron chi connectivity index (χ0n) is 16.9. The van der Waals surface area contributed by atoms with E-state index >= 15 is 0 Å². The van der Waals surface area contributed by atoms with Gasteiger partial charge in [0, 0.05) is 24.3 Å². The molecule has 2 unspecified atom stereocenters. The fourth-order valence-corrected chi connectivity index (χ4v) is 3.28. The van der Waals surface area contributed by atoms with Crippen LogP contribution in [0.2, 0.25) is 0 Å². The smallest absolute Gasteiger partial charge is 0.321 e. The molecule has 31 heavy (non-hydrogen) atoms. The molecule has 3 rings (SSSR count). The summed E-state index contributed by atoms with van der Waals surface area (Å²) in [5.74, 6) is 2.15. The molecule has 0 radical (unpaired) electrons. The Bertz CT molecular complexity index is 941. The highest BCUT2D eigenvalue weighted by Gasteiger charge is 2.29. The molecular formula is C23H24FN3O4. The molecule has 1 heterocycles. The standard InChI is InChI=1S/C23H24FN3O4/c1-2-14-31-19-11-5-16(6-12-19)22(29)26-20-15-27(13-3-4-21(20)28)23(30)25-18-9-7-17(24)8-10-18/h1,5-12,20-21,28H,3-4,13-15H2,(H,25,30)(H,26,29). The van der Waals surface area contributed by atoms with Gasteiger partial charge < -0.3 is 25.4 Å². The van der Waals surface area contributed by atoms with Crippen molar-refractivity contribution in [2.75, 3.05) is 25.0 Å². The lowest BCUT2D eigenvalue weighted by Gasteiger charge is -2.27. The second-order valence-corrected chi connectivity index (χ2v) is 7.19. The number of halogens is 1. The highest BCUT2D eigenvalue weighted by molar-refractivity contribution is 5.94. The molecule has 2 aromatic carbocycles. The predicted molar refractivity (Wildman–Crippen MR) is 114 cm³/mol. The molecule has 8 heteroatoms. The van der Waals surface area contributed by atoms with Crippen LogP contribution in [0.25, 0.3) is 0 Å². The Morgan fingerprint density at radius 3 is 2.58 bits per heavy atom. The number of terminal acetylenes is 1. The lowest BCUT2D eigenvalue weighted by molar-refractivity contribution is 0.0811. The van der Waals surface area contributed by atoms with Gasteiger partial charge in [-0.05, 0) is 61.4 Å². The van der Waals surface area contributed by atoms with E-state index in [9.17, 15) is 19.1 Å². The molecule has 0 saturated carbocycles. The van der Waals surface area contributed by atoms with Crippen LogP contribution in [0, 0.1) is 18.2 Å². The number of ether oxygens (including phenoxy) is 1. The van der Waals surface area contributed by atoms with Crippen LogP contribution in [-0.2, 0) is 0 Å². The van der Waals surface area contributed by atoms with Crippen molar-refractivity contribution >= 4 is 17.6 Å². The number of amides is 3. The maximum absolute atomic E-state index is 13.1. The Hall–Kier alpha value is -3.57. The van der Waals surface area contributed by atoms with E-state index in [1.165, 1.54) is 29.2 Å². The van der Waals surface area contributed by atoms with Crippen LogP contribution in [0.5, 0.6) is 5.75 Å². The van der Waals surface area contributed by atoms with E-state index in [4.69, 9.17) is 11.2 Å². The first-order chi connectivity index (χ1) is 15.0. The second-order valence-electron chi connectivity index (χ2n) is 7.19. The average Bonchev–Trinajstić information content (AvgIpc) is 2.95. The van der Waals surface area contributed by atoms with E-state index in [1.54, 1.807) is 24.3 Å². The highest BCUT2D eigenvalue weighted by atomic mass is 19.1. The third-order valence-corrected chi connectivity index (χ3v) is 4.95. The number of carbonyl (C=O) groups excluding carboxylic acids is 2. The number of aliphatic hydroxyl groups excluding tert-OH is 1. The number of urea groups is 1. The van der Waals surface area contributed by atoms with Crippen LogP contribution >= 0.6 is 0 Å². The van der Waals surface area contributed by atoms with Gasteiger partial charge in [-0.15, -0.1) is 6.42 Å². The zero-order chi connectivity index (χ0) is 22.2. The van der Waals surface area contributed by atoms with Crippen LogP contribution in [-0.4, -0.2) is 53.8 Å². The number of hydrogen-bond acceptors (Lipinski definition) is 4. The molecule has 3 N–H and O–H groups in total. The predicted octanol–water partition coefficient (Wildman–Crippen LogP) is 2.62. The van der Waals surface area contributed by atoms with E-state index in [2.05, 4.69) is 16.6 Å². The van der Waals surface area contributed by atoms with Gasteiger partial charge in [0.05, 0.1) is 12.1 Å². The Balaban J connectivity index is 1.62. The van der Waals surface area contributed by atoms with Gasteiger partial charge in [0.2, 0.25) is 0 Å². The summed E-state index contributed by atoms with van der Waals surface area (Å²) in [5.41, 5.74) is 0.857. The summed E-state index contributed by atoms with van der Waals surface area (Å²) < 4.78 is 18.3. The van der Waals surface area contributed by atoms with Gasteiger partial charge in [-0.2, -0.15) is 0 Å². The van der Waals surface area contributed by atoms with E-state index in [-0.39, 0.29) is 25.1 Å². The largest absolute Gasteiger partial charge is 0.481 e. The summed E-state index contributed by atoms with van der Waals surface area (Å²) in [4.78, 5) is 26.8. The molecule has 0 aliphatic carbocycles. The zero-order valence-corrected chi connectivity index (χ0v) is 16.9. The van der Waals surface area contributed by atoms with E-state index in [0.717, 1.165) is 0 Å². The molecule has 0 spiro atoms. The maximum Gasteiger partial charge on any atom is 0.321 e. The van der Waals surface area contributed by atoms with E-state index in [1.807, 2.05) is 0 Å². The third kappa shape index (κ3) is 6.20. The summed E-state index contributed by atoms with van der Waals surface area (Å²) in [5, 5.41) is 16.0. The van der Waals surface area contributed by atoms with E-state index in [0.29, 0.717) is 36.4 Å². The quantitative estimate of drug-likeness (QED) is 0.643. The van der Waals surface area contributed by atoms with Crippen molar-refractivity contribution in [2.45, 2.75) is 25.0 Å². The molecule has 7 nitrogen and oxygen atoms in total. The van der Waals surface area contributed by atoms with Crippen LogP contribution in [0.1, 0.15) is 23.2 Å². The lowest BCUT2D eigenvalue weighted by atomic mass is 10.1. The van der Waals surface area contributed by atoms with Gasteiger partial charge in [0.1, 0.15) is 18.2 Å². The Kier molecular flexibility index (Phi) is 7.46. The lowest BCUT2D eigenvalue weighted by Crippen LogP contribution is -2.50. The average molecular weight is 425 g/mol. The van der Waals surface area contributed by atoms with Crippen LogP contribution < -0.4 is 15.4 Å². The number of carbonyl (C=O) groups is 2. The minimum absolute atomic E-state index is 0.135. The minimum Gasteiger partial charge on any atom is -0.481 e. The number of aliphatic hydroxyl groups is 1. The molecular weight excluding hydrogens is 401 g/mol. The highest BCUT2D eigenvalue weighted by Crippen LogP contribution is 2.16. The molecule has 0 bridgehead atoms. The molecule has 162 valence electrons. The molecule has 1 aliphatic rings. The van der Waals surface area contributed by atoms with Crippen LogP contribution in [0.4, 0.5) is 14.9 Å². The van der Waals surface area contributed by atoms with Crippen molar-refractivity contribution in [3.05, 3.63) is 59.9 Å². The number of nitrogens with zero attached hydrogens (tertiary/aromatic N) is 1. The van der Waals surface area contributed by atoms with Gasteiger partial charge in [-0.25, -0.2) is 9.18 Å². The molecule has 3 amide bonds.